The minimum Gasteiger partial charge on any atom is -0.481 e. The first kappa shape index (κ1) is 18.8. The highest BCUT2D eigenvalue weighted by Gasteiger charge is 2.18. The highest BCUT2D eigenvalue weighted by molar-refractivity contribution is 5.96. The largest absolute Gasteiger partial charge is 0.481 e. The number of nitrogens with zero attached hydrogens (tertiary/aromatic N) is 2. The number of amides is 1. The lowest BCUT2D eigenvalue weighted by atomic mass is 10.0. The van der Waals surface area contributed by atoms with E-state index in [1.54, 1.807) is 42.3 Å². The molecule has 27 heavy (non-hydrogen) atoms. The Morgan fingerprint density at radius 2 is 1.67 bits per heavy atom. The molecule has 1 aromatic heterocycles. The monoisotopic (exact) mass is 367 g/mol. The number of benzene rings is 2. The zero-order valence-corrected chi connectivity index (χ0v) is 16.3. The van der Waals surface area contributed by atoms with Gasteiger partial charge < -0.3 is 10.1 Å². The van der Waals surface area contributed by atoms with Crippen molar-refractivity contribution in [3.63, 3.8) is 0 Å². The van der Waals surface area contributed by atoms with E-state index >= 15 is 0 Å². The van der Waals surface area contributed by atoms with Crippen LogP contribution < -0.4 is 15.7 Å². The first-order chi connectivity index (χ1) is 12.8. The number of anilines is 1. The quantitative estimate of drug-likeness (QED) is 0.752. The molecule has 0 bridgehead atoms. The van der Waals surface area contributed by atoms with Gasteiger partial charge >= 0.3 is 5.69 Å². The van der Waals surface area contributed by atoms with E-state index < -0.39 is 6.10 Å². The molecule has 0 aliphatic rings. The van der Waals surface area contributed by atoms with Crippen molar-refractivity contribution in [3.8, 4) is 5.75 Å². The Bertz CT molecular complexity index is 1050. The molecule has 3 rings (SSSR count). The van der Waals surface area contributed by atoms with Gasteiger partial charge in [0.1, 0.15) is 5.75 Å². The standard InChI is InChI=1S/C21H25N3O3/c1-13(2)16-8-6-7-9-19(16)27-14(3)20(25)22-15-10-11-17-18(12-15)24(5)21(26)23(17)4/h6-14H,1-5H3,(H,22,25)/t14-/m0/s1. The number of hydrogen-bond donors (Lipinski definition) is 1. The summed E-state index contributed by atoms with van der Waals surface area (Å²) in [7, 11) is 3.44. The number of hydrogen-bond acceptors (Lipinski definition) is 3. The maximum Gasteiger partial charge on any atom is 0.328 e. The molecule has 1 atom stereocenters. The predicted octanol–water partition coefficient (Wildman–Crippen LogP) is 3.41. The number of nitrogens with one attached hydrogen (secondary N) is 1. The Morgan fingerprint density at radius 3 is 2.37 bits per heavy atom. The molecule has 0 aliphatic heterocycles. The third-order valence-corrected chi connectivity index (χ3v) is 4.75. The Hall–Kier alpha value is -3.02. The molecule has 1 N–H and O–H groups in total. The molecule has 1 heterocycles. The third kappa shape index (κ3) is 3.60. The van der Waals surface area contributed by atoms with Crippen LogP contribution in [0.5, 0.6) is 5.75 Å². The molecule has 0 saturated carbocycles. The van der Waals surface area contributed by atoms with Gasteiger partial charge in [-0.2, -0.15) is 0 Å². The van der Waals surface area contributed by atoms with Gasteiger partial charge in [0.2, 0.25) is 0 Å². The average molecular weight is 367 g/mol. The molecule has 6 nitrogen and oxygen atoms in total. The van der Waals surface area contributed by atoms with Crippen molar-refractivity contribution >= 4 is 22.6 Å². The number of aromatic nitrogens is 2. The molecule has 0 spiro atoms. The lowest BCUT2D eigenvalue weighted by molar-refractivity contribution is -0.122. The highest BCUT2D eigenvalue weighted by atomic mass is 16.5. The van der Waals surface area contributed by atoms with Crippen LogP contribution in [0.25, 0.3) is 11.0 Å². The number of imidazole rings is 1. The fraction of sp³-hybridized carbons (Fsp3) is 0.333. The van der Waals surface area contributed by atoms with Gasteiger partial charge in [-0.3, -0.25) is 13.9 Å². The summed E-state index contributed by atoms with van der Waals surface area (Å²) in [6.07, 6.45) is -0.653. The van der Waals surface area contributed by atoms with Crippen LogP contribution in [0.2, 0.25) is 0 Å². The van der Waals surface area contributed by atoms with Crippen molar-refractivity contribution in [2.75, 3.05) is 5.32 Å². The number of para-hydroxylation sites is 1. The molecular weight excluding hydrogens is 342 g/mol. The Kier molecular flexibility index (Phi) is 5.08. The Balaban J connectivity index is 1.78. The molecule has 0 radical (unpaired) electrons. The van der Waals surface area contributed by atoms with Crippen LogP contribution in [0.15, 0.2) is 47.3 Å². The van der Waals surface area contributed by atoms with Gasteiger partial charge in [-0.1, -0.05) is 32.0 Å². The Labute approximate surface area is 158 Å². The second-order valence-corrected chi connectivity index (χ2v) is 7.05. The van der Waals surface area contributed by atoms with E-state index in [0.29, 0.717) is 11.6 Å². The van der Waals surface area contributed by atoms with Crippen molar-refractivity contribution in [1.29, 1.82) is 0 Å². The van der Waals surface area contributed by atoms with Crippen molar-refractivity contribution in [3.05, 3.63) is 58.5 Å². The van der Waals surface area contributed by atoms with Crippen molar-refractivity contribution in [1.82, 2.24) is 9.13 Å². The second kappa shape index (κ2) is 7.31. The topological polar surface area (TPSA) is 65.3 Å². The minimum absolute atomic E-state index is 0.101. The van der Waals surface area contributed by atoms with E-state index in [0.717, 1.165) is 22.3 Å². The number of rotatable bonds is 5. The van der Waals surface area contributed by atoms with Gasteiger partial charge in [0.15, 0.2) is 6.10 Å². The highest BCUT2D eigenvalue weighted by Crippen LogP contribution is 2.27. The van der Waals surface area contributed by atoms with E-state index in [2.05, 4.69) is 19.2 Å². The molecule has 1 amide bonds. The van der Waals surface area contributed by atoms with Crippen LogP contribution in [-0.2, 0) is 18.9 Å². The van der Waals surface area contributed by atoms with Crippen LogP contribution in [-0.4, -0.2) is 21.1 Å². The summed E-state index contributed by atoms with van der Waals surface area (Å²) in [4.78, 5) is 24.6. The molecule has 6 heteroatoms. The zero-order chi connectivity index (χ0) is 19.7. The van der Waals surface area contributed by atoms with Crippen LogP contribution in [0.1, 0.15) is 32.3 Å². The average Bonchev–Trinajstić information content (AvgIpc) is 2.86. The van der Waals surface area contributed by atoms with Crippen LogP contribution in [0.3, 0.4) is 0 Å². The maximum atomic E-state index is 12.6. The fourth-order valence-electron chi connectivity index (χ4n) is 3.14. The van der Waals surface area contributed by atoms with E-state index in [1.165, 1.54) is 0 Å². The smallest absolute Gasteiger partial charge is 0.328 e. The van der Waals surface area contributed by atoms with Crippen molar-refractivity contribution < 1.29 is 9.53 Å². The van der Waals surface area contributed by atoms with Crippen molar-refractivity contribution in [2.24, 2.45) is 14.1 Å². The summed E-state index contributed by atoms with van der Waals surface area (Å²) in [6.45, 7) is 5.90. The van der Waals surface area contributed by atoms with Gasteiger partial charge in [0.05, 0.1) is 11.0 Å². The molecule has 3 aromatic rings. The molecule has 2 aromatic carbocycles. The summed E-state index contributed by atoms with van der Waals surface area (Å²) in [6, 6.07) is 13.2. The first-order valence-electron chi connectivity index (χ1n) is 9.01. The lowest BCUT2D eigenvalue weighted by Gasteiger charge is -2.18. The van der Waals surface area contributed by atoms with Crippen LogP contribution >= 0.6 is 0 Å². The zero-order valence-electron chi connectivity index (χ0n) is 16.3. The molecule has 0 aliphatic carbocycles. The van der Waals surface area contributed by atoms with E-state index in [9.17, 15) is 9.59 Å². The lowest BCUT2D eigenvalue weighted by Crippen LogP contribution is -2.30. The number of carbonyl (C=O) groups excluding carboxylic acids is 1. The van der Waals surface area contributed by atoms with Gasteiger partial charge in [0.25, 0.3) is 5.91 Å². The third-order valence-electron chi connectivity index (χ3n) is 4.75. The predicted molar refractivity (Wildman–Crippen MR) is 107 cm³/mol. The summed E-state index contributed by atoms with van der Waals surface area (Å²) in [5.41, 5.74) is 3.17. The normalized spacial score (nSPS) is 12.4. The maximum absolute atomic E-state index is 12.6. The van der Waals surface area contributed by atoms with E-state index in [1.807, 2.05) is 30.3 Å². The van der Waals surface area contributed by atoms with Gasteiger partial charge in [-0.05, 0) is 42.7 Å². The van der Waals surface area contributed by atoms with E-state index in [-0.39, 0.29) is 11.6 Å². The number of carbonyl (C=O) groups is 1. The SMILES string of the molecule is CC(C)c1ccccc1O[C@@H](C)C(=O)Nc1ccc2c(c1)n(C)c(=O)n2C. The summed E-state index contributed by atoms with van der Waals surface area (Å²) in [5.74, 6) is 0.781. The number of fused-ring (bicyclic) bond motifs is 1. The van der Waals surface area contributed by atoms with Crippen molar-refractivity contribution in [2.45, 2.75) is 32.8 Å². The fourth-order valence-corrected chi connectivity index (χ4v) is 3.14. The summed E-state index contributed by atoms with van der Waals surface area (Å²) >= 11 is 0. The van der Waals surface area contributed by atoms with Gasteiger partial charge in [0, 0.05) is 19.8 Å². The molecule has 142 valence electrons. The number of aryl methyl sites for hydroxylation is 2. The van der Waals surface area contributed by atoms with Gasteiger partial charge in [-0.25, -0.2) is 4.79 Å². The summed E-state index contributed by atoms with van der Waals surface area (Å²) in [5, 5.41) is 2.87. The molecule has 0 saturated heterocycles. The Morgan fingerprint density at radius 1 is 1.00 bits per heavy atom. The van der Waals surface area contributed by atoms with Crippen LogP contribution in [0, 0.1) is 0 Å². The minimum atomic E-state index is -0.653. The first-order valence-corrected chi connectivity index (χ1v) is 9.01. The number of ether oxygens (including phenoxy) is 1. The second-order valence-electron chi connectivity index (χ2n) is 7.05. The van der Waals surface area contributed by atoms with Crippen LogP contribution in [0.4, 0.5) is 5.69 Å². The molecule has 0 fully saturated rings. The van der Waals surface area contributed by atoms with Gasteiger partial charge in [-0.15, -0.1) is 0 Å². The molecule has 0 unspecified atom stereocenters. The summed E-state index contributed by atoms with van der Waals surface area (Å²) < 4.78 is 9.04. The molecular formula is C21H25N3O3. The van der Waals surface area contributed by atoms with E-state index in [4.69, 9.17) is 4.74 Å².